The summed E-state index contributed by atoms with van der Waals surface area (Å²) in [6.45, 7) is 0.700. The lowest BCUT2D eigenvalue weighted by molar-refractivity contribution is -0.116. The third kappa shape index (κ3) is 4.48. The zero-order valence-electron chi connectivity index (χ0n) is 11.3. The average Bonchev–Trinajstić information content (AvgIpc) is 2.88. The molecular weight excluding hydrogens is 299 g/mol. The number of sulfonamides is 1. The van der Waals surface area contributed by atoms with Crippen molar-refractivity contribution in [1.82, 2.24) is 0 Å². The topological polar surface area (TPSA) is 98.5 Å². The number of nitrogens with one attached hydrogen (secondary N) is 1. The van der Waals surface area contributed by atoms with Gasteiger partial charge in [-0.15, -0.1) is 0 Å². The fourth-order valence-corrected chi connectivity index (χ4v) is 2.90. The molecular formula is C13H17FN2O4S. The largest absolute Gasteiger partial charge is 0.378 e. The molecule has 6 nitrogen and oxygen atoms in total. The van der Waals surface area contributed by atoms with E-state index < -0.39 is 21.7 Å². The van der Waals surface area contributed by atoms with Crippen LogP contribution in [0.5, 0.6) is 0 Å². The summed E-state index contributed by atoms with van der Waals surface area (Å²) < 4.78 is 41.4. The maximum atomic E-state index is 13.2. The van der Waals surface area contributed by atoms with Gasteiger partial charge in [-0.05, 0) is 37.5 Å². The molecule has 1 aliphatic rings. The molecule has 0 saturated carbocycles. The van der Waals surface area contributed by atoms with Crippen molar-refractivity contribution in [2.24, 2.45) is 5.14 Å². The Morgan fingerprint density at radius 3 is 2.86 bits per heavy atom. The molecule has 0 radical (unpaired) electrons. The number of nitrogens with two attached hydrogens (primary N) is 1. The molecule has 116 valence electrons. The van der Waals surface area contributed by atoms with Crippen LogP contribution in [0.2, 0.25) is 0 Å². The van der Waals surface area contributed by atoms with Gasteiger partial charge in [0.15, 0.2) is 0 Å². The summed E-state index contributed by atoms with van der Waals surface area (Å²) >= 11 is 0. The fourth-order valence-electron chi connectivity index (χ4n) is 2.22. The number of ether oxygens (including phenoxy) is 1. The predicted octanol–water partition coefficient (Wildman–Crippen LogP) is 1.37. The van der Waals surface area contributed by atoms with Crippen LogP contribution in [-0.4, -0.2) is 27.0 Å². The van der Waals surface area contributed by atoms with Crippen LogP contribution in [0.1, 0.15) is 25.7 Å². The summed E-state index contributed by atoms with van der Waals surface area (Å²) in [5, 5.41) is 7.42. The van der Waals surface area contributed by atoms with Gasteiger partial charge >= 0.3 is 0 Å². The second-order valence-electron chi connectivity index (χ2n) is 4.91. The molecule has 1 fully saturated rings. The maximum absolute atomic E-state index is 13.2. The monoisotopic (exact) mass is 316 g/mol. The molecule has 1 unspecified atom stereocenters. The smallest absolute Gasteiger partial charge is 0.240 e. The summed E-state index contributed by atoms with van der Waals surface area (Å²) in [5.74, 6) is -1.06. The highest BCUT2D eigenvalue weighted by Crippen LogP contribution is 2.22. The minimum Gasteiger partial charge on any atom is -0.378 e. The van der Waals surface area contributed by atoms with Gasteiger partial charge in [-0.2, -0.15) is 0 Å². The Bertz CT molecular complexity index is 627. The van der Waals surface area contributed by atoms with E-state index in [1.165, 1.54) is 0 Å². The normalized spacial score (nSPS) is 18.7. The summed E-state index contributed by atoms with van der Waals surface area (Å²) in [6, 6.07) is 2.94. The number of hydrogen-bond acceptors (Lipinski definition) is 4. The van der Waals surface area contributed by atoms with Crippen LogP contribution in [0.25, 0.3) is 0 Å². The molecule has 8 heteroatoms. The van der Waals surface area contributed by atoms with Crippen molar-refractivity contribution in [3.63, 3.8) is 0 Å². The van der Waals surface area contributed by atoms with Gasteiger partial charge in [-0.25, -0.2) is 17.9 Å². The van der Waals surface area contributed by atoms with Gasteiger partial charge in [-0.3, -0.25) is 4.79 Å². The summed E-state index contributed by atoms with van der Waals surface area (Å²) in [4.78, 5) is 11.5. The van der Waals surface area contributed by atoms with E-state index in [9.17, 15) is 17.6 Å². The van der Waals surface area contributed by atoms with Crippen molar-refractivity contribution in [3.8, 4) is 0 Å². The number of halogens is 1. The Balaban J connectivity index is 2.04. The number of primary sulfonamides is 1. The van der Waals surface area contributed by atoms with E-state index in [1.807, 2.05) is 0 Å². The molecule has 21 heavy (non-hydrogen) atoms. The molecule has 1 aromatic carbocycles. The highest BCUT2D eigenvalue weighted by molar-refractivity contribution is 7.89. The number of anilines is 1. The lowest BCUT2D eigenvalue weighted by Crippen LogP contribution is -2.19. The van der Waals surface area contributed by atoms with Crippen molar-refractivity contribution >= 4 is 21.6 Å². The van der Waals surface area contributed by atoms with Gasteiger partial charge in [0, 0.05) is 13.0 Å². The van der Waals surface area contributed by atoms with Crippen LogP contribution in [0.4, 0.5) is 10.1 Å². The Kier molecular flexibility index (Phi) is 4.92. The van der Waals surface area contributed by atoms with E-state index in [-0.39, 0.29) is 23.1 Å². The molecule has 1 heterocycles. The van der Waals surface area contributed by atoms with Crippen molar-refractivity contribution in [3.05, 3.63) is 24.0 Å². The van der Waals surface area contributed by atoms with Gasteiger partial charge in [0.1, 0.15) is 10.7 Å². The van der Waals surface area contributed by atoms with E-state index >= 15 is 0 Å². The van der Waals surface area contributed by atoms with Gasteiger partial charge < -0.3 is 10.1 Å². The minimum atomic E-state index is -4.03. The van der Waals surface area contributed by atoms with Crippen LogP contribution in [0.3, 0.4) is 0 Å². The minimum absolute atomic E-state index is 0.0565. The molecule has 1 aliphatic heterocycles. The molecule has 0 spiro atoms. The Labute approximate surface area is 122 Å². The van der Waals surface area contributed by atoms with Crippen LogP contribution in [0.15, 0.2) is 23.1 Å². The first-order valence-electron chi connectivity index (χ1n) is 6.60. The van der Waals surface area contributed by atoms with Crippen LogP contribution >= 0.6 is 0 Å². The SMILES string of the molecule is NS(=O)(=O)c1ccc(F)cc1NC(=O)CCC1CCCO1. The molecule has 3 N–H and O–H groups in total. The maximum Gasteiger partial charge on any atom is 0.240 e. The van der Waals surface area contributed by atoms with E-state index in [4.69, 9.17) is 9.88 Å². The van der Waals surface area contributed by atoms with Crippen molar-refractivity contribution in [2.45, 2.75) is 36.7 Å². The predicted molar refractivity (Wildman–Crippen MR) is 74.6 cm³/mol. The molecule has 0 aromatic heterocycles. The molecule has 0 aliphatic carbocycles. The fraction of sp³-hybridized carbons (Fsp3) is 0.462. The first-order chi connectivity index (χ1) is 9.86. The zero-order valence-corrected chi connectivity index (χ0v) is 12.2. The highest BCUT2D eigenvalue weighted by atomic mass is 32.2. The standard InChI is InChI=1S/C13H17FN2O4S/c14-9-3-5-12(21(15,18)19)11(8-9)16-13(17)6-4-10-2-1-7-20-10/h3,5,8,10H,1-2,4,6-7H2,(H,16,17)(H2,15,18,19). The summed E-state index contributed by atoms with van der Waals surface area (Å²) in [6.07, 6.45) is 2.67. The van der Waals surface area contributed by atoms with Crippen molar-refractivity contribution < 1.29 is 22.3 Å². The van der Waals surface area contributed by atoms with E-state index in [0.717, 1.165) is 31.0 Å². The Morgan fingerprint density at radius 1 is 1.48 bits per heavy atom. The van der Waals surface area contributed by atoms with E-state index in [1.54, 1.807) is 0 Å². The van der Waals surface area contributed by atoms with Crippen LogP contribution in [0, 0.1) is 5.82 Å². The number of amides is 1. The third-order valence-corrected chi connectivity index (χ3v) is 4.21. The van der Waals surface area contributed by atoms with E-state index in [2.05, 4.69) is 5.32 Å². The zero-order chi connectivity index (χ0) is 15.5. The van der Waals surface area contributed by atoms with Gasteiger partial charge in [-0.1, -0.05) is 0 Å². The number of hydrogen-bond donors (Lipinski definition) is 2. The third-order valence-electron chi connectivity index (χ3n) is 3.24. The number of benzene rings is 1. The first-order valence-corrected chi connectivity index (χ1v) is 8.15. The summed E-state index contributed by atoms with van der Waals surface area (Å²) in [7, 11) is -4.03. The second-order valence-corrected chi connectivity index (χ2v) is 6.44. The Hall–Kier alpha value is -1.51. The lowest BCUT2D eigenvalue weighted by Gasteiger charge is -2.11. The number of carbonyl (C=O) groups is 1. The molecule has 0 bridgehead atoms. The molecule has 1 saturated heterocycles. The average molecular weight is 316 g/mol. The first kappa shape index (κ1) is 15.9. The van der Waals surface area contributed by atoms with Crippen molar-refractivity contribution in [1.29, 1.82) is 0 Å². The van der Waals surface area contributed by atoms with Crippen molar-refractivity contribution in [2.75, 3.05) is 11.9 Å². The van der Waals surface area contributed by atoms with Gasteiger partial charge in [0.05, 0.1) is 11.8 Å². The molecule has 2 rings (SSSR count). The number of carbonyl (C=O) groups excluding carboxylic acids is 1. The van der Waals surface area contributed by atoms with Gasteiger partial charge in [0.2, 0.25) is 15.9 Å². The number of rotatable bonds is 5. The molecule has 1 amide bonds. The molecule has 1 atom stereocenters. The lowest BCUT2D eigenvalue weighted by atomic mass is 10.1. The highest BCUT2D eigenvalue weighted by Gasteiger charge is 2.19. The molecule has 1 aromatic rings. The van der Waals surface area contributed by atoms with E-state index in [0.29, 0.717) is 13.0 Å². The van der Waals surface area contributed by atoms with Crippen LogP contribution < -0.4 is 10.5 Å². The van der Waals surface area contributed by atoms with Crippen LogP contribution in [-0.2, 0) is 19.6 Å². The summed E-state index contributed by atoms with van der Waals surface area (Å²) in [5.41, 5.74) is -0.144. The Morgan fingerprint density at radius 2 is 2.24 bits per heavy atom. The quantitative estimate of drug-likeness (QED) is 0.857. The van der Waals surface area contributed by atoms with Gasteiger partial charge in [0.25, 0.3) is 0 Å². The second kappa shape index (κ2) is 6.50.